The van der Waals surface area contributed by atoms with Crippen LogP contribution in [-0.2, 0) is 13.9 Å². The summed E-state index contributed by atoms with van der Waals surface area (Å²) < 4.78 is 15.3. The van der Waals surface area contributed by atoms with Crippen molar-refractivity contribution in [3.63, 3.8) is 0 Å². The van der Waals surface area contributed by atoms with Crippen molar-refractivity contribution in [2.45, 2.75) is 88.6 Å². The van der Waals surface area contributed by atoms with Gasteiger partial charge in [0.25, 0.3) is 0 Å². The number of aliphatic hydroxyl groups excluding tert-OH is 3. The third-order valence-electron chi connectivity index (χ3n) is 4.72. The summed E-state index contributed by atoms with van der Waals surface area (Å²) in [6.07, 6.45) is -0.998. The van der Waals surface area contributed by atoms with Gasteiger partial charge in [0.05, 0.1) is 6.61 Å². The maximum Gasteiger partial charge on any atom is 0.527 e. The fraction of sp³-hybridized carbons (Fsp3) is 0.938. The average molecular weight is 415 g/mol. The van der Waals surface area contributed by atoms with Crippen LogP contribution in [0.5, 0.6) is 0 Å². The van der Waals surface area contributed by atoms with Gasteiger partial charge in [-0.25, -0.2) is 9.36 Å². The minimum absolute atomic E-state index is 0.238. The van der Waals surface area contributed by atoms with Crippen LogP contribution in [0.1, 0.15) is 65.2 Å². The van der Waals surface area contributed by atoms with Crippen molar-refractivity contribution >= 4 is 13.8 Å². The molecular formula is C16H34NO9P. The van der Waals surface area contributed by atoms with Gasteiger partial charge in [-0.15, -0.1) is 0 Å². The summed E-state index contributed by atoms with van der Waals surface area (Å²) in [5, 5.41) is 40.6. The number of aliphatic hydroxyl groups is 4. The molecule has 0 bridgehead atoms. The van der Waals surface area contributed by atoms with Gasteiger partial charge in [-0.05, 0) is 12.8 Å². The summed E-state index contributed by atoms with van der Waals surface area (Å²) >= 11 is 0. The van der Waals surface area contributed by atoms with Crippen LogP contribution >= 0.6 is 7.82 Å². The number of phosphoric acid groups is 1. The molecule has 4 atom stereocenters. The molecule has 0 aromatic rings. The standard InChI is InChI=1S/C16H34NO9P/c1-3-5-7-9-15(17,14(21)26-27(23,24)25)16(22,10-8-6-4-2)13(20)12(19)11-18/h12-13,18-20,22H,3-11,17H2,1-2H3,(H2,23,24,25)/t12-,13-,15+,16+/m1/s1. The maximum absolute atomic E-state index is 12.5. The first kappa shape index (κ1) is 26.4. The van der Waals surface area contributed by atoms with E-state index in [1.54, 1.807) is 0 Å². The lowest BCUT2D eigenvalue weighted by Gasteiger charge is -2.46. The summed E-state index contributed by atoms with van der Waals surface area (Å²) in [7, 11) is -5.25. The van der Waals surface area contributed by atoms with Crippen molar-refractivity contribution < 1.29 is 44.1 Å². The highest BCUT2D eigenvalue weighted by Gasteiger charge is 2.59. The first-order valence-electron chi connectivity index (χ1n) is 9.17. The Kier molecular flexibility index (Phi) is 11.2. The molecule has 0 aliphatic rings. The second kappa shape index (κ2) is 11.4. The van der Waals surface area contributed by atoms with E-state index in [1.807, 2.05) is 13.8 Å². The maximum atomic E-state index is 12.5. The fourth-order valence-corrected chi connectivity index (χ4v) is 3.41. The van der Waals surface area contributed by atoms with Gasteiger partial charge >= 0.3 is 13.8 Å². The summed E-state index contributed by atoms with van der Waals surface area (Å²) in [5.41, 5.74) is 1.26. The summed E-state index contributed by atoms with van der Waals surface area (Å²) in [6, 6.07) is 0. The summed E-state index contributed by atoms with van der Waals surface area (Å²) in [4.78, 5) is 30.5. The van der Waals surface area contributed by atoms with E-state index >= 15 is 0 Å². The molecule has 0 aliphatic heterocycles. The first-order valence-corrected chi connectivity index (χ1v) is 10.7. The molecule has 0 fully saturated rings. The lowest BCUT2D eigenvalue weighted by Crippen LogP contribution is -2.72. The minimum Gasteiger partial charge on any atom is -0.394 e. The molecule has 0 spiro atoms. The third kappa shape index (κ3) is 7.40. The number of hydrogen-bond donors (Lipinski definition) is 7. The number of hydrogen-bond acceptors (Lipinski definition) is 8. The predicted molar refractivity (Wildman–Crippen MR) is 97.4 cm³/mol. The zero-order chi connectivity index (χ0) is 21.3. The number of nitrogens with two attached hydrogens (primary N) is 1. The number of unbranched alkanes of at least 4 members (excludes halogenated alkanes) is 4. The zero-order valence-corrected chi connectivity index (χ0v) is 16.8. The van der Waals surface area contributed by atoms with Gasteiger partial charge in [0.15, 0.2) is 0 Å². The molecular weight excluding hydrogens is 381 g/mol. The minimum atomic E-state index is -5.25. The van der Waals surface area contributed by atoms with Crippen molar-refractivity contribution in [1.82, 2.24) is 0 Å². The van der Waals surface area contributed by atoms with Crippen LogP contribution in [-0.4, -0.2) is 66.1 Å². The Morgan fingerprint density at radius 3 is 1.96 bits per heavy atom. The van der Waals surface area contributed by atoms with Gasteiger partial charge in [-0.2, -0.15) is 0 Å². The van der Waals surface area contributed by atoms with Crippen molar-refractivity contribution in [3.8, 4) is 0 Å². The Bertz CT molecular complexity index is 500. The third-order valence-corrected chi connectivity index (χ3v) is 5.12. The molecule has 0 heterocycles. The molecule has 0 saturated heterocycles. The molecule has 162 valence electrons. The fourth-order valence-electron chi connectivity index (χ4n) is 3.04. The van der Waals surface area contributed by atoms with Crippen LogP contribution in [0.2, 0.25) is 0 Å². The van der Waals surface area contributed by atoms with E-state index < -0.39 is 43.7 Å². The highest BCUT2D eigenvalue weighted by Crippen LogP contribution is 2.42. The van der Waals surface area contributed by atoms with Gasteiger partial charge in [-0.3, -0.25) is 9.79 Å². The Balaban J connectivity index is 6.05. The molecule has 0 aliphatic carbocycles. The Morgan fingerprint density at radius 2 is 1.56 bits per heavy atom. The van der Waals surface area contributed by atoms with Crippen molar-refractivity contribution in [3.05, 3.63) is 0 Å². The van der Waals surface area contributed by atoms with E-state index in [-0.39, 0.29) is 12.8 Å². The van der Waals surface area contributed by atoms with Crippen LogP contribution in [0.25, 0.3) is 0 Å². The molecule has 0 unspecified atom stereocenters. The van der Waals surface area contributed by atoms with E-state index in [0.717, 1.165) is 12.8 Å². The number of carbonyl (C=O) groups is 1. The molecule has 11 heteroatoms. The summed E-state index contributed by atoms with van der Waals surface area (Å²) in [5.74, 6) is -1.57. The first-order chi connectivity index (χ1) is 12.4. The molecule has 0 aromatic carbocycles. The highest BCUT2D eigenvalue weighted by molar-refractivity contribution is 7.46. The van der Waals surface area contributed by atoms with Crippen LogP contribution < -0.4 is 5.73 Å². The number of carbonyl (C=O) groups excluding carboxylic acids is 1. The Labute approximate surface area is 159 Å². The SMILES string of the molecule is CCCCC[C@](N)(C(=O)OP(=O)(O)O)[C@](O)(CCCCC)[C@H](O)[C@H](O)CO. The Morgan fingerprint density at radius 1 is 1.07 bits per heavy atom. The number of phosphoric ester groups is 1. The van der Waals surface area contributed by atoms with Crippen LogP contribution in [0.4, 0.5) is 0 Å². The van der Waals surface area contributed by atoms with Crippen molar-refractivity contribution in [2.24, 2.45) is 5.73 Å². The predicted octanol–water partition coefficient (Wildman–Crippen LogP) is -0.0744. The topological polar surface area (TPSA) is 191 Å². The van der Waals surface area contributed by atoms with Gasteiger partial charge < -0.3 is 30.7 Å². The van der Waals surface area contributed by atoms with Crippen molar-refractivity contribution in [1.29, 1.82) is 0 Å². The monoisotopic (exact) mass is 415 g/mol. The van der Waals surface area contributed by atoms with E-state index in [2.05, 4.69) is 4.52 Å². The lowest BCUT2D eigenvalue weighted by molar-refractivity contribution is -0.190. The van der Waals surface area contributed by atoms with Gasteiger partial charge in [-0.1, -0.05) is 52.4 Å². The van der Waals surface area contributed by atoms with E-state index in [1.165, 1.54) is 0 Å². The zero-order valence-electron chi connectivity index (χ0n) is 16.0. The number of rotatable bonds is 14. The quantitative estimate of drug-likeness (QED) is 0.149. The molecule has 0 rings (SSSR count). The van der Waals surface area contributed by atoms with Crippen molar-refractivity contribution in [2.75, 3.05) is 6.61 Å². The smallest absolute Gasteiger partial charge is 0.394 e. The summed E-state index contributed by atoms with van der Waals surface area (Å²) in [6.45, 7) is 2.86. The molecule has 27 heavy (non-hydrogen) atoms. The molecule has 8 N–H and O–H groups in total. The molecule has 0 aromatic heterocycles. The normalized spacial score (nSPS) is 19.0. The molecule has 10 nitrogen and oxygen atoms in total. The largest absolute Gasteiger partial charge is 0.527 e. The van der Waals surface area contributed by atoms with E-state index in [9.17, 15) is 24.7 Å². The van der Waals surface area contributed by atoms with Crippen LogP contribution in [0, 0.1) is 0 Å². The molecule has 0 amide bonds. The second-order valence-electron chi connectivity index (χ2n) is 6.87. The highest BCUT2D eigenvalue weighted by atomic mass is 31.2. The van der Waals surface area contributed by atoms with Crippen LogP contribution in [0.3, 0.4) is 0 Å². The second-order valence-corrected chi connectivity index (χ2v) is 8.04. The van der Waals surface area contributed by atoms with Crippen LogP contribution in [0.15, 0.2) is 0 Å². The van der Waals surface area contributed by atoms with Gasteiger partial charge in [0.2, 0.25) is 0 Å². The molecule has 0 radical (unpaired) electrons. The van der Waals surface area contributed by atoms with Gasteiger partial charge in [0.1, 0.15) is 23.3 Å². The lowest BCUT2D eigenvalue weighted by atomic mass is 9.69. The Hall–Kier alpha value is -0.580. The van der Waals surface area contributed by atoms with E-state index in [4.69, 9.17) is 20.6 Å². The van der Waals surface area contributed by atoms with E-state index in [0.29, 0.717) is 25.7 Å². The van der Waals surface area contributed by atoms with Gasteiger partial charge in [0, 0.05) is 0 Å². The molecule has 0 saturated carbocycles. The average Bonchev–Trinajstić information content (AvgIpc) is 2.58.